The number of hydrogen-bond donors (Lipinski definition) is 1. The van der Waals surface area contributed by atoms with E-state index in [4.69, 9.17) is 18.5 Å². The lowest BCUT2D eigenvalue weighted by Crippen LogP contribution is -2.37. The van der Waals surface area contributed by atoms with E-state index in [9.17, 15) is 19.0 Å². The molecule has 0 spiro atoms. The molecule has 0 aromatic heterocycles. The molecule has 0 fully saturated rings. The molecule has 2 atom stereocenters. The maximum absolute atomic E-state index is 12.7. The standard InChI is InChI=1S/C36H68N5O8P/c1-6-8-24-35(37-38-35)26-20-16-12-10-14-18-22-33(42)46-30-32(31-48-50(44,45)47-29-28-41(3,4)5)49-34(43)23-19-15-11-13-17-21-27-36(39-40-36)25-9-7-2/h32H,6-31H2,1-5H3/p+1. The third-order valence-corrected chi connectivity index (χ3v) is 10.2. The van der Waals surface area contributed by atoms with Gasteiger partial charge in [0.1, 0.15) is 19.8 Å². The first-order valence-electron chi connectivity index (χ1n) is 19.5. The van der Waals surface area contributed by atoms with E-state index < -0.39 is 32.5 Å². The molecule has 2 unspecified atom stereocenters. The normalized spacial score (nSPS) is 17.3. The minimum Gasteiger partial charge on any atom is -0.462 e. The van der Waals surface area contributed by atoms with E-state index in [1.807, 2.05) is 21.1 Å². The van der Waals surface area contributed by atoms with Crippen LogP contribution in [0.4, 0.5) is 0 Å². The molecular weight excluding hydrogens is 661 g/mol. The topological polar surface area (TPSA) is 158 Å². The molecular formula is C36H69N5O8P+. The summed E-state index contributed by atoms with van der Waals surface area (Å²) < 4.78 is 34.2. The van der Waals surface area contributed by atoms with Gasteiger partial charge in [0.2, 0.25) is 0 Å². The first-order valence-corrected chi connectivity index (χ1v) is 21.0. The third kappa shape index (κ3) is 22.2. The van der Waals surface area contributed by atoms with E-state index >= 15 is 0 Å². The highest BCUT2D eigenvalue weighted by Gasteiger charge is 2.38. The molecule has 0 amide bonds. The second kappa shape index (κ2) is 23.7. The lowest BCUT2D eigenvalue weighted by Gasteiger charge is -2.24. The van der Waals surface area contributed by atoms with E-state index in [0.717, 1.165) is 103 Å². The molecule has 290 valence electrons. The van der Waals surface area contributed by atoms with E-state index in [-0.39, 0.29) is 37.4 Å². The van der Waals surface area contributed by atoms with Crippen molar-refractivity contribution in [3.63, 3.8) is 0 Å². The van der Waals surface area contributed by atoms with Gasteiger partial charge in [0.25, 0.3) is 0 Å². The fraction of sp³-hybridized carbons (Fsp3) is 0.944. The Kier molecular flexibility index (Phi) is 21.0. The second-order valence-electron chi connectivity index (χ2n) is 15.2. The quantitative estimate of drug-likeness (QED) is 0.0297. The fourth-order valence-corrected chi connectivity index (χ4v) is 6.49. The summed E-state index contributed by atoms with van der Waals surface area (Å²) in [6.45, 7) is 4.22. The first-order chi connectivity index (χ1) is 23.8. The van der Waals surface area contributed by atoms with Crippen molar-refractivity contribution in [3.05, 3.63) is 0 Å². The van der Waals surface area contributed by atoms with Crippen molar-refractivity contribution >= 4 is 19.8 Å². The van der Waals surface area contributed by atoms with Crippen LogP contribution >= 0.6 is 7.82 Å². The van der Waals surface area contributed by atoms with Crippen molar-refractivity contribution in [2.75, 3.05) is 47.5 Å². The third-order valence-electron chi connectivity index (χ3n) is 9.21. The summed E-state index contributed by atoms with van der Waals surface area (Å²) in [5.41, 5.74) is -0.164. The summed E-state index contributed by atoms with van der Waals surface area (Å²) in [4.78, 5) is 35.3. The van der Waals surface area contributed by atoms with Gasteiger partial charge in [-0.25, -0.2) is 4.57 Å². The van der Waals surface area contributed by atoms with E-state index in [1.54, 1.807) is 0 Å². The van der Waals surface area contributed by atoms with Crippen LogP contribution in [0.15, 0.2) is 20.5 Å². The minimum atomic E-state index is -4.38. The van der Waals surface area contributed by atoms with Crippen LogP contribution < -0.4 is 0 Å². The monoisotopic (exact) mass is 730 g/mol. The van der Waals surface area contributed by atoms with E-state index in [1.165, 1.54) is 12.8 Å². The smallest absolute Gasteiger partial charge is 0.462 e. The van der Waals surface area contributed by atoms with Crippen LogP contribution in [-0.4, -0.2) is 86.3 Å². The highest BCUT2D eigenvalue weighted by atomic mass is 31.2. The molecule has 13 nitrogen and oxygen atoms in total. The number of carbonyl (C=O) groups is 2. The Labute approximate surface area is 301 Å². The van der Waals surface area contributed by atoms with Gasteiger partial charge in [-0.15, -0.1) is 0 Å². The number of esters is 2. The van der Waals surface area contributed by atoms with Gasteiger partial charge in [0.05, 0.1) is 27.7 Å². The molecule has 0 aliphatic carbocycles. The zero-order valence-corrected chi connectivity index (χ0v) is 32.8. The number of rotatable bonds is 34. The van der Waals surface area contributed by atoms with Gasteiger partial charge < -0.3 is 18.9 Å². The van der Waals surface area contributed by atoms with Gasteiger partial charge in [-0.3, -0.25) is 18.6 Å². The summed E-state index contributed by atoms with van der Waals surface area (Å²) >= 11 is 0. The molecule has 50 heavy (non-hydrogen) atoms. The van der Waals surface area contributed by atoms with Crippen molar-refractivity contribution < 1.29 is 42.1 Å². The van der Waals surface area contributed by atoms with Crippen molar-refractivity contribution in [2.24, 2.45) is 20.5 Å². The van der Waals surface area contributed by atoms with Crippen LogP contribution in [0.2, 0.25) is 0 Å². The second-order valence-corrected chi connectivity index (χ2v) is 16.7. The number of ether oxygens (including phenoxy) is 2. The van der Waals surface area contributed by atoms with Crippen LogP contribution in [-0.2, 0) is 32.7 Å². The van der Waals surface area contributed by atoms with Crippen LogP contribution in [0.3, 0.4) is 0 Å². The number of unbranched alkanes of at least 4 members (excludes halogenated alkanes) is 12. The Balaban J connectivity index is 1.64. The van der Waals surface area contributed by atoms with Crippen LogP contribution in [0.1, 0.15) is 155 Å². The fourth-order valence-electron chi connectivity index (χ4n) is 5.74. The summed E-state index contributed by atoms with van der Waals surface area (Å²) in [5, 5.41) is 17.1. The number of phosphoric ester groups is 1. The highest BCUT2D eigenvalue weighted by Crippen LogP contribution is 2.43. The van der Waals surface area contributed by atoms with E-state index in [2.05, 4.69) is 34.3 Å². The Morgan fingerprint density at radius 3 is 1.54 bits per heavy atom. The Bertz CT molecular complexity index is 1070. The molecule has 0 aromatic rings. The number of phosphoric acid groups is 1. The molecule has 1 N–H and O–H groups in total. The molecule has 14 heteroatoms. The molecule has 0 bridgehead atoms. The lowest BCUT2D eigenvalue weighted by molar-refractivity contribution is -0.870. The van der Waals surface area contributed by atoms with Gasteiger partial charge >= 0.3 is 19.8 Å². The Morgan fingerprint density at radius 2 is 1.08 bits per heavy atom. The van der Waals surface area contributed by atoms with Crippen molar-refractivity contribution in [1.29, 1.82) is 0 Å². The summed E-state index contributed by atoms with van der Waals surface area (Å²) in [6.07, 6.45) is 20.3. The van der Waals surface area contributed by atoms with Crippen molar-refractivity contribution in [1.82, 2.24) is 0 Å². The van der Waals surface area contributed by atoms with Gasteiger partial charge in [-0.05, 0) is 64.2 Å². The average Bonchev–Trinajstić information content (AvgIpc) is 4.00. The van der Waals surface area contributed by atoms with Crippen LogP contribution in [0.25, 0.3) is 0 Å². The molecule has 0 saturated carbocycles. The zero-order chi connectivity index (χ0) is 36.8. The lowest BCUT2D eigenvalue weighted by atomic mass is 9.98. The predicted molar refractivity (Wildman–Crippen MR) is 194 cm³/mol. The molecule has 0 radical (unpaired) electrons. The molecule has 2 aliphatic rings. The Morgan fingerprint density at radius 1 is 0.640 bits per heavy atom. The zero-order valence-electron chi connectivity index (χ0n) is 32.0. The van der Waals surface area contributed by atoms with Gasteiger partial charge in [-0.1, -0.05) is 78.1 Å². The highest BCUT2D eigenvalue weighted by molar-refractivity contribution is 7.47. The molecule has 2 heterocycles. The average molecular weight is 731 g/mol. The summed E-state index contributed by atoms with van der Waals surface area (Å²) in [6, 6.07) is 0. The maximum atomic E-state index is 12.7. The molecule has 0 saturated heterocycles. The minimum absolute atomic E-state index is 0.0203. The first kappa shape index (κ1) is 44.4. The number of quaternary nitrogens is 1. The van der Waals surface area contributed by atoms with Crippen molar-refractivity contribution in [2.45, 2.75) is 173 Å². The predicted octanol–water partition coefficient (Wildman–Crippen LogP) is 9.23. The molecule has 2 rings (SSSR count). The largest absolute Gasteiger partial charge is 0.472 e. The van der Waals surface area contributed by atoms with Gasteiger partial charge in [0, 0.05) is 12.8 Å². The molecule has 2 aliphatic heterocycles. The summed E-state index contributed by atoms with van der Waals surface area (Å²) in [5.74, 6) is -0.851. The summed E-state index contributed by atoms with van der Waals surface area (Å²) in [7, 11) is 1.43. The number of carbonyl (C=O) groups excluding carboxylic acids is 2. The SMILES string of the molecule is CCCCC1(CCCCCCCCC(=O)OCC(COP(=O)(O)OCC[N+](C)(C)C)OC(=O)CCCCCCCCC2(CCCC)N=N2)N=N1. The molecule has 0 aromatic carbocycles. The van der Waals surface area contributed by atoms with Crippen molar-refractivity contribution in [3.8, 4) is 0 Å². The van der Waals surface area contributed by atoms with Crippen LogP contribution in [0, 0.1) is 0 Å². The maximum Gasteiger partial charge on any atom is 0.472 e. The number of likely N-dealkylation sites (N-methyl/N-ethyl adjacent to an activating group) is 1. The van der Waals surface area contributed by atoms with Crippen LogP contribution in [0.5, 0.6) is 0 Å². The Hall–Kier alpha value is -1.79. The van der Waals surface area contributed by atoms with Gasteiger partial charge in [0.15, 0.2) is 17.4 Å². The van der Waals surface area contributed by atoms with E-state index in [0.29, 0.717) is 23.9 Å². The number of nitrogens with zero attached hydrogens (tertiary/aromatic N) is 5. The van der Waals surface area contributed by atoms with Gasteiger partial charge in [-0.2, -0.15) is 20.5 Å². The number of hydrogen-bond acceptors (Lipinski definition) is 11.